The zero-order valence-corrected chi connectivity index (χ0v) is 9.29. The number of benzene rings is 1. The van der Waals surface area contributed by atoms with E-state index in [9.17, 15) is 13.2 Å². The van der Waals surface area contributed by atoms with Gasteiger partial charge in [0, 0.05) is 12.0 Å². The fourth-order valence-corrected chi connectivity index (χ4v) is 1.70. The summed E-state index contributed by atoms with van der Waals surface area (Å²) in [5.74, 6) is 1.88. The average Bonchev–Trinajstić information content (AvgIpc) is 2.87. The van der Waals surface area contributed by atoms with Crippen LogP contribution in [0.2, 0.25) is 0 Å². The van der Waals surface area contributed by atoms with Crippen molar-refractivity contribution in [3.05, 3.63) is 59.3 Å². The first-order valence-corrected chi connectivity index (χ1v) is 5.25. The number of nitrogens with one attached hydrogen (secondary N) is 1. The highest BCUT2D eigenvalue weighted by Gasteiger charge is 2.21. The molecule has 1 heterocycles. The molecule has 96 valence electrons. The molecule has 0 spiro atoms. The fourth-order valence-electron chi connectivity index (χ4n) is 1.70. The zero-order chi connectivity index (χ0) is 13.1. The number of halogens is 3. The topological polar surface area (TPSA) is 51.2 Å². The first-order chi connectivity index (χ1) is 8.63. The van der Waals surface area contributed by atoms with Gasteiger partial charge in [0.1, 0.15) is 5.76 Å². The SMILES string of the molecule is NNC(Cc1ccco1)c1ccc(F)c(F)c1F. The minimum absolute atomic E-state index is 0.0483. The van der Waals surface area contributed by atoms with E-state index in [0.717, 1.165) is 12.1 Å². The van der Waals surface area contributed by atoms with Crippen molar-refractivity contribution in [2.75, 3.05) is 0 Å². The predicted octanol–water partition coefficient (Wildman–Crippen LogP) is 2.44. The first kappa shape index (κ1) is 12.7. The molecular formula is C12H11F3N2O. The molecule has 6 heteroatoms. The van der Waals surface area contributed by atoms with Gasteiger partial charge in [-0.05, 0) is 18.2 Å². The normalized spacial score (nSPS) is 12.7. The average molecular weight is 256 g/mol. The van der Waals surface area contributed by atoms with Crippen LogP contribution in [0.5, 0.6) is 0 Å². The Kier molecular flexibility index (Phi) is 3.69. The molecule has 0 aliphatic rings. The van der Waals surface area contributed by atoms with Gasteiger partial charge in [-0.15, -0.1) is 0 Å². The quantitative estimate of drug-likeness (QED) is 0.502. The second-order valence-corrected chi connectivity index (χ2v) is 3.77. The standard InChI is InChI=1S/C12H11F3N2O/c13-9-4-3-8(11(14)12(9)15)10(17-16)6-7-2-1-5-18-7/h1-5,10,17H,6,16H2. The van der Waals surface area contributed by atoms with Crippen LogP contribution in [0.25, 0.3) is 0 Å². The molecule has 2 rings (SSSR count). The van der Waals surface area contributed by atoms with Crippen molar-refractivity contribution in [2.45, 2.75) is 12.5 Å². The van der Waals surface area contributed by atoms with Crippen LogP contribution in [0.15, 0.2) is 34.9 Å². The molecule has 18 heavy (non-hydrogen) atoms. The van der Waals surface area contributed by atoms with E-state index in [1.807, 2.05) is 0 Å². The lowest BCUT2D eigenvalue weighted by molar-refractivity contribution is 0.411. The van der Waals surface area contributed by atoms with Crippen molar-refractivity contribution < 1.29 is 17.6 Å². The summed E-state index contributed by atoms with van der Waals surface area (Å²) in [6, 6.07) is 4.67. The van der Waals surface area contributed by atoms with Crippen molar-refractivity contribution in [1.29, 1.82) is 0 Å². The van der Waals surface area contributed by atoms with Crippen LogP contribution in [0.3, 0.4) is 0 Å². The van der Waals surface area contributed by atoms with E-state index in [0.29, 0.717) is 5.76 Å². The van der Waals surface area contributed by atoms with E-state index < -0.39 is 23.5 Å². The highest BCUT2D eigenvalue weighted by molar-refractivity contribution is 5.24. The molecule has 0 aliphatic heterocycles. The maximum Gasteiger partial charge on any atom is 0.194 e. The summed E-state index contributed by atoms with van der Waals surface area (Å²) in [6.07, 6.45) is 1.69. The fraction of sp³-hybridized carbons (Fsp3) is 0.167. The van der Waals surface area contributed by atoms with Crippen LogP contribution >= 0.6 is 0 Å². The van der Waals surface area contributed by atoms with E-state index >= 15 is 0 Å². The van der Waals surface area contributed by atoms with E-state index in [4.69, 9.17) is 10.3 Å². The maximum atomic E-state index is 13.6. The number of hydrogen-bond donors (Lipinski definition) is 2. The minimum Gasteiger partial charge on any atom is -0.469 e. The summed E-state index contributed by atoms with van der Waals surface area (Å²) < 4.78 is 44.6. The molecule has 0 fully saturated rings. The molecule has 1 aromatic heterocycles. The molecule has 3 nitrogen and oxygen atoms in total. The first-order valence-electron chi connectivity index (χ1n) is 5.25. The van der Waals surface area contributed by atoms with Gasteiger partial charge in [-0.1, -0.05) is 6.07 Å². The van der Waals surface area contributed by atoms with E-state index in [2.05, 4.69) is 5.43 Å². The third kappa shape index (κ3) is 2.39. The third-order valence-corrected chi connectivity index (χ3v) is 2.63. The third-order valence-electron chi connectivity index (χ3n) is 2.63. The van der Waals surface area contributed by atoms with Gasteiger partial charge in [-0.25, -0.2) is 13.2 Å². The molecule has 1 atom stereocenters. The smallest absolute Gasteiger partial charge is 0.194 e. The largest absolute Gasteiger partial charge is 0.469 e. The van der Waals surface area contributed by atoms with Gasteiger partial charge in [0.25, 0.3) is 0 Å². The molecular weight excluding hydrogens is 245 g/mol. The van der Waals surface area contributed by atoms with Crippen molar-refractivity contribution in [3.8, 4) is 0 Å². The molecule has 0 aliphatic carbocycles. The van der Waals surface area contributed by atoms with Crippen molar-refractivity contribution in [3.63, 3.8) is 0 Å². The Labute approximate surface area is 101 Å². The minimum atomic E-state index is -1.51. The van der Waals surface area contributed by atoms with Gasteiger partial charge >= 0.3 is 0 Å². The number of rotatable bonds is 4. The molecule has 0 radical (unpaired) electrons. The number of nitrogens with two attached hydrogens (primary N) is 1. The zero-order valence-electron chi connectivity index (χ0n) is 9.29. The number of hydrazine groups is 1. The summed E-state index contributed by atoms with van der Waals surface area (Å²) in [7, 11) is 0. The number of furan rings is 1. The van der Waals surface area contributed by atoms with E-state index in [-0.39, 0.29) is 12.0 Å². The van der Waals surface area contributed by atoms with Gasteiger partial charge in [0.15, 0.2) is 17.5 Å². The molecule has 0 saturated carbocycles. The Hall–Kier alpha value is -1.79. The van der Waals surface area contributed by atoms with Gasteiger partial charge in [0.2, 0.25) is 0 Å². The van der Waals surface area contributed by atoms with Crippen molar-refractivity contribution in [1.82, 2.24) is 5.43 Å². The van der Waals surface area contributed by atoms with Gasteiger partial charge in [-0.3, -0.25) is 11.3 Å². The van der Waals surface area contributed by atoms with Crippen LogP contribution in [0.1, 0.15) is 17.4 Å². The van der Waals surface area contributed by atoms with E-state index in [1.54, 1.807) is 12.1 Å². The summed E-state index contributed by atoms with van der Waals surface area (Å²) >= 11 is 0. The van der Waals surface area contributed by atoms with Crippen LogP contribution in [0, 0.1) is 17.5 Å². The Bertz CT molecular complexity index is 528. The lowest BCUT2D eigenvalue weighted by atomic mass is 10.0. The highest BCUT2D eigenvalue weighted by atomic mass is 19.2. The van der Waals surface area contributed by atoms with Gasteiger partial charge in [-0.2, -0.15) is 0 Å². The summed E-state index contributed by atoms with van der Waals surface area (Å²) in [5.41, 5.74) is 2.31. The predicted molar refractivity (Wildman–Crippen MR) is 58.8 cm³/mol. The van der Waals surface area contributed by atoms with Crippen molar-refractivity contribution >= 4 is 0 Å². The second kappa shape index (κ2) is 5.24. The molecule has 0 bridgehead atoms. The molecule has 2 aromatic rings. The Morgan fingerprint density at radius 3 is 2.56 bits per heavy atom. The summed E-state index contributed by atoms with van der Waals surface area (Å²) in [5, 5.41) is 0. The Morgan fingerprint density at radius 2 is 1.94 bits per heavy atom. The van der Waals surface area contributed by atoms with Gasteiger partial charge < -0.3 is 4.42 Å². The van der Waals surface area contributed by atoms with Gasteiger partial charge in [0.05, 0.1) is 12.3 Å². The molecule has 0 amide bonds. The molecule has 1 unspecified atom stereocenters. The second-order valence-electron chi connectivity index (χ2n) is 3.77. The van der Waals surface area contributed by atoms with Crippen LogP contribution in [0.4, 0.5) is 13.2 Å². The molecule has 0 saturated heterocycles. The van der Waals surface area contributed by atoms with Crippen LogP contribution < -0.4 is 11.3 Å². The van der Waals surface area contributed by atoms with Crippen LogP contribution in [-0.4, -0.2) is 0 Å². The molecule has 3 N–H and O–H groups in total. The monoisotopic (exact) mass is 256 g/mol. The van der Waals surface area contributed by atoms with E-state index in [1.165, 1.54) is 6.26 Å². The Morgan fingerprint density at radius 1 is 1.17 bits per heavy atom. The summed E-state index contributed by atoms with van der Waals surface area (Å²) in [6.45, 7) is 0. The van der Waals surface area contributed by atoms with Crippen LogP contribution in [-0.2, 0) is 6.42 Å². The Balaban J connectivity index is 2.30. The summed E-state index contributed by atoms with van der Waals surface area (Å²) in [4.78, 5) is 0. The van der Waals surface area contributed by atoms with Crippen molar-refractivity contribution in [2.24, 2.45) is 5.84 Å². The lowest BCUT2D eigenvalue weighted by Crippen LogP contribution is -2.30. The number of hydrogen-bond acceptors (Lipinski definition) is 3. The maximum absolute atomic E-state index is 13.6. The highest BCUT2D eigenvalue weighted by Crippen LogP contribution is 2.24. The molecule has 1 aromatic carbocycles. The lowest BCUT2D eigenvalue weighted by Gasteiger charge is -2.16.